The first-order valence-electron chi connectivity index (χ1n) is 6.99. The van der Waals surface area contributed by atoms with Crippen LogP contribution in [0.4, 0.5) is 0 Å². The fourth-order valence-corrected chi connectivity index (χ4v) is 3.99. The van der Waals surface area contributed by atoms with Crippen molar-refractivity contribution in [1.82, 2.24) is 9.55 Å². The zero-order valence-electron chi connectivity index (χ0n) is 12.2. The molecular weight excluding hydrogens is 396 g/mol. The minimum absolute atomic E-state index is 0.505. The van der Waals surface area contributed by atoms with Crippen LogP contribution in [0.3, 0.4) is 0 Å². The van der Waals surface area contributed by atoms with E-state index in [1.54, 1.807) is 35.2 Å². The van der Waals surface area contributed by atoms with E-state index >= 15 is 0 Å². The van der Waals surface area contributed by atoms with Gasteiger partial charge in [-0.1, -0.05) is 6.07 Å². The Morgan fingerprint density at radius 2 is 2.26 bits per heavy atom. The molecule has 4 nitrogen and oxygen atoms in total. The van der Waals surface area contributed by atoms with Crippen LogP contribution >= 0.6 is 38.6 Å². The molecule has 7 heteroatoms. The fourth-order valence-electron chi connectivity index (χ4n) is 1.88. The van der Waals surface area contributed by atoms with E-state index in [-0.39, 0.29) is 0 Å². The highest BCUT2D eigenvalue weighted by molar-refractivity contribution is 9.11. The van der Waals surface area contributed by atoms with Gasteiger partial charge >= 0.3 is 0 Å². The molecule has 0 spiro atoms. The Bertz CT molecular complexity index is 736. The van der Waals surface area contributed by atoms with E-state index in [4.69, 9.17) is 9.47 Å². The lowest BCUT2D eigenvalue weighted by atomic mass is 10.4. The molecule has 0 saturated heterocycles. The number of hydrogen-bond donors (Lipinski definition) is 0. The first kappa shape index (κ1) is 16.4. The molecule has 0 N–H and O–H groups in total. The predicted molar refractivity (Wildman–Crippen MR) is 98.3 cm³/mol. The third-order valence-electron chi connectivity index (χ3n) is 2.91. The summed E-state index contributed by atoms with van der Waals surface area (Å²) in [5.41, 5.74) is 0. The van der Waals surface area contributed by atoms with Gasteiger partial charge in [0.05, 0.1) is 34.4 Å². The number of aromatic nitrogens is 2. The summed E-state index contributed by atoms with van der Waals surface area (Å²) in [6.07, 6.45) is 7.28. The van der Waals surface area contributed by atoms with E-state index in [1.807, 2.05) is 40.5 Å². The lowest BCUT2D eigenvalue weighted by Crippen LogP contribution is -2.03. The summed E-state index contributed by atoms with van der Waals surface area (Å²) in [4.78, 5) is 6.32. The molecule has 0 aliphatic carbocycles. The topological polar surface area (TPSA) is 36.3 Å². The van der Waals surface area contributed by atoms with Gasteiger partial charge in [0, 0.05) is 17.3 Å². The second-order valence-corrected chi connectivity index (χ2v) is 8.08. The quantitative estimate of drug-likeness (QED) is 0.389. The van der Waals surface area contributed by atoms with Crippen LogP contribution in [0.1, 0.15) is 9.75 Å². The monoisotopic (exact) mass is 410 g/mol. The molecule has 120 valence electrons. The van der Waals surface area contributed by atoms with Crippen molar-refractivity contribution in [2.24, 2.45) is 0 Å². The van der Waals surface area contributed by atoms with Crippen LogP contribution < -0.4 is 0 Å². The maximum Gasteiger partial charge on any atom is 0.153 e. The Morgan fingerprint density at radius 1 is 1.30 bits per heavy atom. The Kier molecular flexibility index (Phi) is 6.04. The molecule has 0 unspecified atom stereocenters. The zero-order valence-corrected chi connectivity index (χ0v) is 15.4. The highest BCUT2D eigenvalue weighted by atomic mass is 79.9. The summed E-state index contributed by atoms with van der Waals surface area (Å²) in [6, 6.07) is 8.14. The third-order valence-corrected chi connectivity index (χ3v) is 5.40. The van der Waals surface area contributed by atoms with Crippen molar-refractivity contribution in [2.75, 3.05) is 13.2 Å². The summed E-state index contributed by atoms with van der Waals surface area (Å²) < 4.78 is 14.5. The van der Waals surface area contributed by atoms with Crippen molar-refractivity contribution in [3.63, 3.8) is 0 Å². The Morgan fingerprint density at radius 3 is 2.96 bits per heavy atom. The van der Waals surface area contributed by atoms with Crippen molar-refractivity contribution in [3.8, 4) is 0 Å². The second kappa shape index (κ2) is 8.44. The molecule has 0 fully saturated rings. The van der Waals surface area contributed by atoms with Crippen LogP contribution in [-0.2, 0) is 16.1 Å². The van der Waals surface area contributed by atoms with Crippen LogP contribution in [0.25, 0.3) is 12.0 Å². The minimum atomic E-state index is 0.505. The third kappa shape index (κ3) is 5.04. The normalized spacial score (nSPS) is 11.8. The smallest absolute Gasteiger partial charge is 0.153 e. The number of ether oxygens (including phenoxy) is 2. The van der Waals surface area contributed by atoms with E-state index < -0.39 is 0 Å². The molecule has 0 aliphatic rings. The highest BCUT2D eigenvalue weighted by Gasteiger charge is 2.05. The molecule has 0 saturated carbocycles. The summed E-state index contributed by atoms with van der Waals surface area (Å²) in [5, 5.41) is 2.03. The number of hydrogen-bond acceptors (Lipinski definition) is 5. The van der Waals surface area contributed by atoms with Gasteiger partial charge < -0.3 is 14.0 Å². The number of halogens is 1. The van der Waals surface area contributed by atoms with Crippen LogP contribution in [0.2, 0.25) is 0 Å². The standard InChI is InChI=1S/C16H15BrN2O2S2/c17-16-4-3-13(23-16)11-20-7-8-21-14(15-2-1-9-22-15)10-19-6-5-18-12-19/h1-6,9-10,12H,7-8,11H2. The van der Waals surface area contributed by atoms with Gasteiger partial charge in [0.15, 0.2) is 5.76 Å². The van der Waals surface area contributed by atoms with Gasteiger partial charge in [0.2, 0.25) is 0 Å². The molecule has 3 heterocycles. The van der Waals surface area contributed by atoms with Gasteiger partial charge in [-0.3, -0.25) is 0 Å². The van der Waals surface area contributed by atoms with E-state index in [9.17, 15) is 0 Å². The fraction of sp³-hybridized carbons (Fsp3) is 0.188. The predicted octanol–water partition coefficient (Wildman–Crippen LogP) is 4.96. The number of imidazole rings is 1. The van der Waals surface area contributed by atoms with E-state index in [2.05, 4.69) is 27.0 Å². The van der Waals surface area contributed by atoms with Crippen LogP contribution in [0.5, 0.6) is 0 Å². The van der Waals surface area contributed by atoms with Crippen LogP contribution in [0.15, 0.2) is 52.2 Å². The molecular formula is C16H15BrN2O2S2. The number of thiophene rings is 2. The molecule has 0 atom stereocenters. The van der Waals surface area contributed by atoms with Crippen molar-refractivity contribution >= 4 is 50.6 Å². The first-order chi connectivity index (χ1) is 11.3. The maximum atomic E-state index is 5.90. The number of nitrogens with zero attached hydrogens (tertiary/aromatic N) is 2. The van der Waals surface area contributed by atoms with E-state index in [0.29, 0.717) is 19.8 Å². The molecule has 0 bridgehead atoms. The van der Waals surface area contributed by atoms with Gasteiger partial charge in [0.25, 0.3) is 0 Å². The van der Waals surface area contributed by atoms with Crippen LogP contribution in [-0.4, -0.2) is 22.8 Å². The molecule has 3 aromatic rings. The van der Waals surface area contributed by atoms with Gasteiger partial charge in [0.1, 0.15) is 6.61 Å². The molecule has 3 rings (SSSR count). The van der Waals surface area contributed by atoms with Crippen molar-refractivity contribution < 1.29 is 9.47 Å². The molecule has 0 amide bonds. The second-order valence-electron chi connectivity index (χ2n) is 4.59. The lowest BCUT2D eigenvalue weighted by molar-refractivity contribution is 0.0825. The summed E-state index contributed by atoms with van der Waals surface area (Å²) >= 11 is 6.78. The van der Waals surface area contributed by atoms with Gasteiger partial charge in [-0.15, -0.1) is 22.7 Å². The Balaban J connectivity index is 1.51. The molecule has 23 heavy (non-hydrogen) atoms. The minimum Gasteiger partial charge on any atom is -0.488 e. The number of rotatable bonds is 8. The Labute approximate surface area is 151 Å². The zero-order chi connectivity index (χ0) is 15.9. The first-order valence-corrected chi connectivity index (χ1v) is 9.48. The molecule has 0 aromatic carbocycles. The van der Waals surface area contributed by atoms with E-state index in [1.165, 1.54) is 4.88 Å². The summed E-state index contributed by atoms with van der Waals surface area (Å²) in [5.74, 6) is 0.820. The average Bonchev–Trinajstić information content (AvgIpc) is 3.28. The highest BCUT2D eigenvalue weighted by Crippen LogP contribution is 2.23. The maximum absolute atomic E-state index is 5.90. The van der Waals surface area contributed by atoms with Gasteiger partial charge in [-0.25, -0.2) is 4.98 Å². The summed E-state index contributed by atoms with van der Waals surface area (Å²) in [7, 11) is 0. The van der Waals surface area contributed by atoms with Crippen LogP contribution in [0, 0.1) is 0 Å². The average molecular weight is 411 g/mol. The lowest BCUT2D eigenvalue weighted by Gasteiger charge is -2.09. The molecule has 3 aromatic heterocycles. The van der Waals surface area contributed by atoms with Crippen molar-refractivity contribution in [3.05, 3.63) is 61.9 Å². The largest absolute Gasteiger partial charge is 0.488 e. The van der Waals surface area contributed by atoms with Crippen molar-refractivity contribution in [1.29, 1.82) is 0 Å². The summed E-state index contributed by atoms with van der Waals surface area (Å²) in [6.45, 7) is 1.66. The van der Waals surface area contributed by atoms with Crippen molar-refractivity contribution in [2.45, 2.75) is 6.61 Å². The van der Waals surface area contributed by atoms with E-state index in [0.717, 1.165) is 14.4 Å². The Hall–Kier alpha value is -1.41. The molecule has 0 radical (unpaired) electrons. The SMILES string of the molecule is Brc1ccc(COCCOC(=Cn2ccnc2)c2cccs2)s1. The van der Waals surface area contributed by atoms with Gasteiger partial charge in [-0.05, 0) is 39.5 Å². The van der Waals surface area contributed by atoms with Gasteiger partial charge in [-0.2, -0.15) is 0 Å². The molecule has 0 aliphatic heterocycles.